The third-order valence-electron chi connectivity index (χ3n) is 3.84. The van der Waals surface area contributed by atoms with Gasteiger partial charge in [0, 0.05) is 26.2 Å². The molecule has 1 N–H and O–H groups in total. The number of benzene rings is 1. The second-order valence-electron chi connectivity index (χ2n) is 5.52. The van der Waals surface area contributed by atoms with E-state index in [1.165, 1.54) is 36.1 Å². The summed E-state index contributed by atoms with van der Waals surface area (Å²) in [6.45, 7) is 4.96. The second-order valence-corrected chi connectivity index (χ2v) is 5.52. The molecule has 0 unspecified atom stereocenters. The van der Waals surface area contributed by atoms with Crippen LogP contribution in [0.4, 0.5) is 0 Å². The van der Waals surface area contributed by atoms with E-state index < -0.39 is 0 Å². The van der Waals surface area contributed by atoms with E-state index in [2.05, 4.69) is 34.3 Å². The Morgan fingerprint density at radius 3 is 2.89 bits per heavy atom. The normalized spacial score (nSPS) is 17.8. The first-order valence-electron chi connectivity index (χ1n) is 6.82. The summed E-state index contributed by atoms with van der Waals surface area (Å²) in [6.07, 6.45) is 8.24. The molecule has 2 heteroatoms. The summed E-state index contributed by atoms with van der Waals surface area (Å²) in [5.41, 5.74) is 4.30. The van der Waals surface area contributed by atoms with Crippen LogP contribution in [-0.2, 0) is 19.6 Å². The van der Waals surface area contributed by atoms with Crippen LogP contribution < -0.4 is 5.32 Å². The largest absolute Gasteiger partial charge is 0.309 e. The van der Waals surface area contributed by atoms with E-state index in [0.29, 0.717) is 0 Å². The molecule has 2 aliphatic rings. The molecular weight excluding hydrogens is 220 g/mol. The molecule has 0 spiro atoms. The maximum absolute atomic E-state index is 5.47. The minimum absolute atomic E-state index is 0.770. The summed E-state index contributed by atoms with van der Waals surface area (Å²) in [5, 5.41) is 3.39. The van der Waals surface area contributed by atoms with Crippen LogP contribution in [0, 0.1) is 18.3 Å². The Morgan fingerprint density at radius 2 is 2.11 bits per heavy atom. The van der Waals surface area contributed by atoms with Gasteiger partial charge in [-0.05, 0) is 35.4 Å². The zero-order valence-corrected chi connectivity index (χ0v) is 10.8. The molecule has 1 aliphatic heterocycles. The molecule has 3 rings (SSSR count). The second kappa shape index (κ2) is 5.14. The van der Waals surface area contributed by atoms with Gasteiger partial charge in [-0.2, -0.15) is 0 Å². The Labute approximate surface area is 109 Å². The average Bonchev–Trinajstić information content (AvgIpc) is 3.05. The Bertz CT molecular complexity index is 468. The van der Waals surface area contributed by atoms with Gasteiger partial charge in [-0.15, -0.1) is 6.42 Å². The lowest BCUT2D eigenvalue weighted by molar-refractivity contribution is 0.286. The predicted molar refractivity (Wildman–Crippen MR) is 73.8 cm³/mol. The van der Waals surface area contributed by atoms with Gasteiger partial charge in [-0.25, -0.2) is 0 Å². The molecule has 1 aromatic rings. The van der Waals surface area contributed by atoms with Crippen LogP contribution in [-0.4, -0.2) is 18.0 Å². The van der Waals surface area contributed by atoms with Crippen molar-refractivity contribution in [2.45, 2.75) is 32.5 Å². The standard InChI is InChI=1S/C16H20N2/c1-2-7-18(11-13-3-4-13)12-14-5-6-15-9-17-10-16(15)8-14/h1,5-6,8,13,17H,3-4,7,9-12H2. The third kappa shape index (κ3) is 2.75. The molecule has 0 amide bonds. The molecule has 94 valence electrons. The fraction of sp³-hybridized carbons (Fsp3) is 0.500. The minimum Gasteiger partial charge on any atom is -0.309 e. The van der Waals surface area contributed by atoms with Crippen molar-refractivity contribution in [3.63, 3.8) is 0 Å². The molecule has 1 saturated carbocycles. The average molecular weight is 240 g/mol. The molecule has 1 fully saturated rings. The Hall–Kier alpha value is -1.30. The lowest BCUT2D eigenvalue weighted by atomic mass is 10.1. The lowest BCUT2D eigenvalue weighted by Gasteiger charge is -2.20. The number of hydrogen-bond acceptors (Lipinski definition) is 2. The Morgan fingerprint density at radius 1 is 1.28 bits per heavy atom. The van der Waals surface area contributed by atoms with E-state index in [1.54, 1.807) is 0 Å². The molecule has 1 heterocycles. The highest BCUT2D eigenvalue weighted by atomic mass is 15.1. The predicted octanol–water partition coefficient (Wildman–Crippen LogP) is 2.13. The maximum atomic E-state index is 5.47. The van der Waals surface area contributed by atoms with E-state index in [0.717, 1.165) is 32.1 Å². The number of hydrogen-bond donors (Lipinski definition) is 1. The first-order valence-corrected chi connectivity index (χ1v) is 6.82. The number of nitrogens with zero attached hydrogens (tertiary/aromatic N) is 1. The molecule has 0 saturated heterocycles. The van der Waals surface area contributed by atoms with E-state index in [4.69, 9.17) is 6.42 Å². The van der Waals surface area contributed by atoms with Gasteiger partial charge < -0.3 is 5.32 Å². The molecule has 0 aromatic heterocycles. The topological polar surface area (TPSA) is 15.3 Å². The summed E-state index contributed by atoms with van der Waals surface area (Å²) < 4.78 is 0. The maximum Gasteiger partial charge on any atom is 0.0601 e. The van der Waals surface area contributed by atoms with Gasteiger partial charge in [0.2, 0.25) is 0 Å². The molecule has 1 aliphatic carbocycles. The van der Waals surface area contributed by atoms with Crippen LogP contribution in [0.5, 0.6) is 0 Å². The quantitative estimate of drug-likeness (QED) is 0.793. The smallest absolute Gasteiger partial charge is 0.0601 e. The monoisotopic (exact) mass is 240 g/mol. The van der Waals surface area contributed by atoms with Gasteiger partial charge in [0.15, 0.2) is 0 Å². The van der Waals surface area contributed by atoms with Crippen molar-refractivity contribution in [2.24, 2.45) is 5.92 Å². The van der Waals surface area contributed by atoms with Crippen LogP contribution in [0.2, 0.25) is 0 Å². The summed E-state index contributed by atoms with van der Waals surface area (Å²) >= 11 is 0. The summed E-state index contributed by atoms with van der Waals surface area (Å²) in [7, 11) is 0. The first-order chi connectivity index (χ1) is 8.85. The molecule has 0 atom stereocenters. The molecule has 0 bridgehead atoms. The van der Waals surface area contributed by atoms with Gasteiger partial charge in [-0.3, -0.25) is 4.90 Å². The highest BCUT2D eigenvalue weighted by Gasteiger charge is 2.24. The van der Waals surface area contributed by atoms with Gasteiger partial charge in [-0.1, -0.05) is 24.1 Å². The number of nitrogens with one attached hydrogen (secondary N) is 1. The van der Waals surface area contributed by atoms with Crippen molar-refractivity contribution in [3.05, 3.63) is 34.9 Å². The lowest BCUT2D eigenvalue weighted by Crippen LogP contribution is -2.26. The van der Waals surface area contributed by atoms with E-state index in [9.17, 15) is 0 Å². The zero-order valence-electron chi connectivity index (χ0n) is 10.8. The summed E-state index contributed by atoms with van der Waals surface area (Å²) in [6, 6.07) is 6.85. The molecular formula is C16H20N2. The van der Waals surface area contributed by atoms with Crippen molar-refractivity contribution >= 4 is 0 Å². The number of rotatable bonds is 5. The number of terminal acetylenes is 1. The number of fused-ring (bicyclic) bond motifs is 1. The highest BCUT2D eigenvalue weighted by molar-refractivity contribution is 5.34. The molecule has 2 nitrogen and oxygen atoms in total. The van der Waals surface area contributed by atoms with Crippen molar-refractivity contribution in [1.82, 2.24) is 10.2 Å². The van der Waals surface area contributed by atoms with Gasteiger partial charge in [0.1, 0.15) is 0 Å². The van der Waals surface area contributed by atoms with Crippen LogP contribution >= 0.6 is 0 Å². The zero-order chi connectivity index (χ0) is 12.4. The Balaban J connectivity index is 1.67. The third-order valence-corrected chi connectivity index (χ3v) is 3.84. The van der Waals surface area contributed by atoms with Crippen molar-refractivity contribution in [2.75, 3.05) is 13.1 Å². The van der Waals surface area contributed by atoms with Gasteiger partial charge >= 0.3 is 0 Å². The summed E-state index contributed by atoms with van der Waals surface area (Å²) in [4.78, 5) is 2.40. The molecule has 1 aromatic carbocycles. The van der Waals surface area contributed by atoms with E-state index >= 15 is 0 Å². The van der Waals surface area contributed by atoms with Crippen LogP contribution in [0.1, 0.15) is 29.5 Å². The fourth-order valence-corrected chi connectivity index (χ4v) is 2.68. The fourth-order valence-electron chi connectivity index (χ4n) is 2.68. The molecule has 18 heavy (non-hydrogen) atoms. The summed E-state index contributed by atoms with van der Waals surface area (Å²) in [5.74, 6) is 3.68. The van der Waals surface area contributed by atoms with Crippen molar-refractivity contribution < 1.29 is 0 Å². The minimum atomic E-state index is 0.770. The Kier molecular flexibility index (Phi) is 3.36. The van der Waals surface area contributed by atoms with Crippen LogP contribution in [0.3, 0.4) is 0 Å². The highest BCUT2D eigenvalue weighted by Crippen LogP contribution is 2.30. The van der Waals surface area contributed by atoms with Crippen molar-refractivity contribution in [3.8, 4) is 12.3 Å². The SMILES string of the molecule is C#CCN(Cc1ccc2c(c1)CNC2)CC1CC1. The van der Waals surface area contributed by atoms with Crippen molar-refractivity contribution in [1.29, 1.82) is 0 Å². The molecule has 0 radical (unpaired) electrons. The van der Waals surface area contributed by atoms with E-state index in [-0.39, 0.29) is 0 Å². The van der Waals surface area contributed by atoms with Gasteiger partial charge in [0.25, 0.3) is 0 Å². The van der Waals surface area contributed by atoms with Gasteiger partial charge in [0.05, 0.1) is 6.54 Å². The van der Waals surface area contributed by atoms with E-state index in [1.807, 2.05) is 0 Å². The first kappa shape index (κ1) is 11.8. The van der Waals surface area contributed by atoms with Crippen LogP contribution in [0.15, 0.2) is 18.2 Å². The van der Waals surface area contributed by atoms with Crippen LogP contribution in [0.25, 0.3) is 0 Å².